The molecule has 4 rings (SSSR count). The smallest absolute Gasteiger partial charge is 0.225 e. The monoisotopic (exact) mass is 327 g/mol. The van der Waals surface area contributed by atoms with Crippen molar-refractivity contribution in [2.75, 3.05) is 13.1 Å². The minimum Gasteiger partial charge on any atom is -0.353 e. The molecular weight excluding hydrogens is 302 g/mol. The van der Waals surface area contributed by atoms with Crippen molar-refractivity contribution in [2.45, 2.75) is 49.6 Å². The second-order valence-electron chi connectivity index (χ2n) is 7.64. The molecule has 1 aromatic rings. The van der Waals surface area contributed by atoms with Crippen LogP contribution in [0.3, 0.4) is 0 Å². The third-order valence-corrected chi connectivity index (χ3v) is 5.91. The molecule has 1 atom stereocenters. The van der Waals surface area contributed by atoms with Gasteiger partial charge >= 0.3 is 0 Å². The third-order valence-electron chi connectivity index (χ3n) is 5.91. The molecule has 1 aromatic carbocycles. The Hall–Kier alpha value is -1.88. The van der Waals surface area contributed by atoms with E-state index in [2.05, 4.69) is 17.4 Å². The van der Waals surface area contributed by atoms with Crippen LogP contribution in [-0.4, -0.2) is 41.9 Å². The predicted molar refractivity (Wildman–Crippen MR) is 91.2 cm³/mol. The lowest BCUT2D eigenvalue weighted by Crippen LogP contribution is -2.57. The van der Waals surface area contributed by atoms with Crippen LogP contribution in [0.1, 0.15) is 37.7 Å². The molecule has 1 aliphatic heterocycles. The summed E-state index contributed by atoms with van der Waals surface area (Å²) in [5.41, 5.74) is 7.28. The average Bonchev–Trinajstić information content (AvgIpc) is 3.33. The van der Waals surface area contributed by atoms with E-state index in [-0.39, 0.29) is 29.2 Å². The zero-order chi connectivity index (χ0) is 16.7. The van der Waals surface area contributed by atoms with Gasteiger partial charge in [-0.3, -0.25) is 9.59 Å². The van der Waals surface area contributed by atoms with Crippen LogP contribution in [0.4, 0.5) is 0 Å². The first-order valence-electron chi connectivity index (χ1n) is 8.97. The Labute approximate surface area is 142 Å². The molecule has 128 valence electrons. The Bertz CT molecular complexity index is 635. The SMILES string of the molecule is NCC1(c2ccccc2)CC(NC(=O)[C@H]2CC(=O)N(C3CC3)C2)C1. The number of carbonyl (C=O) groups excluding carboxylic acids is 2. The molecule has 5 heteroatoms. The van der Waals surface area contributed by atoms with Gasteiger partial charge in [-0.2, -0.15) is 0 Å². The van der Waals surface area contributed by atoms with Crippen LogP contribution in [0, 0.1) is 5.92 Å². The highest BCUT2D eigenvalue weighted by molar-refractivity contribution is 5.89. The highest BCUT2D eigenvalue weighted by Crippen LogP contribution is 2.43. The molecule has 2 aliphatic carbocycles. The lowest BCUT2D eigenvalue weighted by Gasteiger charge is -2.48. The summed E-state index contributed by atoms with van der Waals surface area (Å²) >= 11 is 0. The molecule has 1 heterocycles. The highest BCUT2D eigenvalue weighted by Gasteiger charge is 2.47. The number of hydrogen-bond acceptors (Lipinski definition) is 3. The van der Waals surface area contributed by atoms with Crippen molar-refractivity contribution in [3.63, 3.8) is 0 Å². The van der Waals surface area contributed by atoms with Gasteiger partial charge in [0.15, 0.2) is 0 Å². The van der Waals surface area contributed by atoms with Gasteiger partial charge in [-0.15, -0.1) is 0 Å². The summed E-state index contributed by atoms with van der Waals surface area (Å²) in [5, 5.41) is 3.14. The molecular formula is C19H25N3O2. The van der Waals surface area contributed by atoms with Crippen LogP contribution in [0.25, 0.3) is 0 Å². The zero-order valence-electron chi connectivity index (χ0n) is 13.9. The molecule has 0 radical (unpaired) electrons. The molecule has 3 aliphatic rings. The predicted octanol–water partition coefficient (Wildman–Crippen LogP) is 1.17. The van der Waals surface area contributed by atoms with E-state index < -0.39 is 0 Å². The number of carbonyl (C=O) groups is 2. The second-order valence-corrected chi connectivity index (χ2v) is 7.64. The zero-order valence-corrected chi connectivity index (χ0v) is 13.9. The number of hydrogen-bond donors (Lipinski definition) is 2. The van der Waals surface area contributed by atoms with Crippen LogP contribution in [-0.2, 0) is 15.0 Å². The van der Waals surface area contributed by atoms with E-state index in [0.717, 1.165) is 25.7 Å². The maximum Gasteiger partial charge on any atom is 0.225 e. The summed E-state index contributed by atoms with van der Waals surface area (Å²) in [5.74, 6) is 0.00438. The largest absolute Gasteiger partial charge is 0.353 e. The molecule has 5 nitrogen and oxygen atoms in total. The van der Waals surface area contributed by atoms with Crippen LogP contribution in [0.5, 0.6) is 0 Å². The van der Waals surface area contributed by atoms with Gasteiger partial charge in [0.05, 0.1) is 5.92 Å². The Kier molecular flexibility index (Phi) is 3.83. The Morgan fingerprint density at radius 3 is 2.58 bits per heavy atom. The molecule has 0 bridgehead atoms. The molecule has 0 aromatic heterocycles. The van der Waals surface area contributed by atoms with Gasteiger partial charge in [0.1, 0.15) is 0 Å². The summed E-state index contributed by atoms with van der Waals surface area (Å²) in [4.78, 5) is 26.4. The average molecular weight is 327 g/mol. The van der Waals surface area contributed by atoms with Crippen molar-refractivity contribution < 1.29 is 9.59 Å². The van der Waals surface area contributed by atoms with Crippen molar-refractivity contribution in [1.82, 2.24) is 10.2 Å². The van der Waals surface area contributed by atoms with Gasteiger partial charge in [-0.05, 0) is 31.2 Å². The summed E-state index contributed by atoms with van der Waals surface area (Å²) in [7, 11) is 0. The number of likely N-dealkylation sites (tertiary alicyclic amines) is 1. The van der Waals surface area contributed by atoms with Gasteiger partial charge in [0, 0.05) is 37.0 Å². The fourth-order valence-electron chi connectivity index (χ4n) is 4.26. The molecule has 0 spiro atoms. The van der Waals surface area contributed by atoms with Gasteiger partial charge in [-0.1, -0.05) is 30.3 Å². The van der Waals surface area contributed by atoms with Crippen molar-refractivity contribution >= 4 is 11.8 Å². The first kappa shape index (κ1) is 15.6. The van der Waals surface area contributed by atoms with Gasteiger partial charge in [-0.25, -0.2) is 0 Å². The first-order chi connectivity index (χ1) is 11.6. The molecule has 0 unspecified atom stereocenters. The van der Waals surface area contributed by atoms with Crippen LogP contribution < -0.4 is 11.1 Å². The topological polar surface area (TPSA) is 75.4 Å². The molecule has 1 saturated heterocycles. The first-order valence-corrected chi connectivity index (χ1v) is 8.97. The van der Waals surface area contributed by atoms with Gasteiger partial charge in [0.25, 0.3) is 0 Å². The Balaban J connectivity index is 1.33. The fraction of sp³-hybridized carbons (Fsp3) is 0.579. The summed E-state index contributed by atoms with van der Waals surface area (Å²) < 4.78 is 0. The summed E-state index contributed by atoms with van der Waals surface area (Å²) in [6.45, 7) is 1.20. The third kappa shape index (κ3) is 2.71. The van der Waals surface area contributed by atoms with E-state index in [1.165, 1.54) is 5.56 Å². The quantitative estimate of drug-likeness (QED) is 0.852. The van der Waals surface area contributed by atoms with Gasteiger partial charge < -0.3 is 16.0 Å². The van der Waals surface area contributed by atoms with E-state index in [0.29, 0.717) is 25.6 Å². The summed E-state index contributed by atoms with van der Waals surface area (Å²) in [6, 6.07) is 10.9. The number of nitrogens with one attached hydrogen (secondary N) is 1. The number of amides is 2. The summed E-state index contributed by atoms with van der Waals surface area (Å²) in [6.07, 6.45) is 4.33. The number of rotatable bonds is 5. The minimum absolute atomic E-state index is 0.00918. The lowest BCUT2D eigenvalue weighted by atomic mass is 9.61. The molecule has 3 N–H and O–H groups in total. The number of benzene rings is 1. The molecule has 24 heavy (non-hydrogen) atoms. The Morgan fingerprint density at radius 2 is 1.96 bits per heavy atom. The molecule has 2 amide bonds. The van der Waals surface area contributed by atoms with Crippen molar-refractivity contribution in [3.05, 3.63) is 35.9 Å². The van der Waals surface area contributed by atoms with Crippen molar-refractivity contribution in [2.24, 2.45) is 11.7 Å². The lowest BCUT2D eigenvalue weighted by molar-refractivity contribution is -0.129. The van der Waals surface area contributed by atoms with E-state index in [4.69, 9.17) is 5.73 Å². The van der Waals surface area contributed by atoms with E-state index in [1.807, 2.05) is 23.1 Å². The molecule has 3 fully saturated rings. The maximum atomic E-state index is 12.5. The van der Waals surface area contributed by atoms with Gasteiger partial charge in [0.2, 0.25) is 11.8 Å². The number of nitrogens with zero attached hydrogens (tertiary/aromatic N) is 1. The van der Waals surface area contributed by atoms with E-state index in [9.17, 15) is 9.59 Å². The second kappa shape index (κ2) is 5.88. The van der Waals surface area contributed by atoms with Crippen molar-refractivity contribution in [1.29, 1.82) is 0 Å². The maximum absolute atomic E-state index is 12.5. The van der Waals surface area contributed by atoms with Crippen molar-refractivity contribution in [3.8, 4) is 0 Å². The van der Waals surface area contributed by atoms with E-state index in [1.54, 1.807) is 0 Å². The standard InChI is InChI=1S/C19H25N3O2/c20-12-19(14-4-2-1-3-5-14)9-15(10-19)21-18(24)13-8-17(23)22(11-13)16-6-7-16/h1-5,13,15-16H,6-12,20H2,(H,21,24)/t13-,15?,19?/m0/s1. The van der Waals surface area contributed by atoms with Crippen LogP contribution in [0.2, 0.25) is 0 Å². The van der Waals surface area contributed by atoms with E-state index >= 15 is 0 Å². The highest BCUT2D eigenvalue weighted by atomic mass is 16.2. The van der Waals surface area contributed by atoms with Crippen LogP contribution >= 0.6 is 0 Å². The van der Waals surface area contributed by atoms with Crippen LogP contribution in [0.15, 0.2) is 30.3 Å². The Morgan fingerprint density at radius 1 is 1.25 bits per heavy atom. The fourth-order valence-corrected chi connectivity index (χ4v) is 4.26. The number of nitrogens with two attached hydrogens (primary N) is 1. The molecule has 2 saturated carbocycles. The normalized spacial score (nSPS) is 32.5. The minimum atomic E-state index is -0.178.